The van der Waals surface area contributed by atoms with Crippen LogP contribution in [0.3, 0.4) is 0 Å². The number of nitrogens with one attached hydrogen (secondary N) is 2. The van der Waals surface area contributed by atoms with E-state index in [0.717, 1.165) is 10.0 Å². The molecular formula is C24H20BrFN6O3S. The highest BCUT2D eigenvalue weighted by Gasteiger charge is 2.22. The van der Waals surface area contributed by atoms with Crippen molar-refractivity contribution in [1.82, 2.24) is 20.1 Å². The van der Waals surface area contributed by atoms with Crippen molar-refractivity contribution in [2.24, 2.45) is 0 Å². The Labute approximate surface area is 218 Å². The minimum atomic E-state index is -0.560. The lowest BCUT2D eigenvalue weighted by Crippen LogP contribution is -2.32. The number of thioether (sulfide) groups is 1. The maximum Gasteiger partial charge on any atom is 0.319 e. The Bertz CT molecular complexity index is 1380. The van der Waals surface area contributed by atoms with Crippen molar-refractivity contribution < 1.29 is 14.1 Å². The third kappa shape index (κ3) is 6.07. The molecule has 184 valence electrons. The van der Waals surface area contributed by atoms with Crippen LogP contribution in [0.2, 0.25) is 0 Å². The number of nitro benzene ring substituents is 1. The third-order valence-corrected chi connectivity index (χ3v) is 6.81. The summed E-state index contributed by atoms with van der Waals surface area (Å²) in [5.41, 5.74) is 2.05. The minimum Gasteiger partial charge on any atom is -0.328 e. The molecule has 2 amide bonds. The van der Waals surface area contributed by atoms with Gasteiger partial charge in [0.2, 0.25) is 0 Å². The lowest BCUT2D eigenvalue weighted by molar-refractivity contribution is -0.384. The number of halogens is 2. The molecule has 2 N–H and O–H groups in total. The van der Waals surface area contributed by atoms with Crippen molar-refractivity contribution in [2.45, 2.75) is 23.9 Å². The molecule has 1 atom stereocenters. The van der Waals surface area contributed by atoms with Crippen LogP contribution in [0.15, 0.2) is 82.4 Å². The fourth-order valence-corrected chi connectivity index (χ4v) is 4.63. The summed E-state index contributed by atoms with van der Waals surface area (Å²) in [4.78, 5) is 23.3. The average Bonchev–Trinajstić information content (AvgIpc) is 3.29. The summed E-state index contributed by atoms with van der Waals surface area (Å²) < 4.78 is 15.7. The van der Waals surface area contributed by atoms with E-state index in [1.165, 1.54) is 36.0 Å². The number of aromatic nitrogens is 3. The molecule has 0 fully saturated rings. The molecule has 0 saturated carbocycles. The van der Waals surface area contributed by atoms with Gasteiger partial charge in [-0.1, -0.05) is 36.0 Å². The SMILES string of the molecule is CC(NC(=O)Nc1ccccc1Br)c1nnc(SCc2ccc(F)cc2)n1-c1ccc([N+](=O)[O-])cc1. The van der Waals surface area contributed by atoms with E-state index in [0.29, 0.717) is 28.1 Å². The predicted octanol–water partition coefficient (Wildman–Crippen LogP) is 6.25. The predicted molar refractivity (Wildman–Crippen MR) is 139 cm³/mol. The molecule has 3 aromatic carbocycles. The first-order chi connectivity index (χ1) is 17.3. The monoisotopic (exact) mass is 570 g/mol. The number of carbonyl (C=O) groups excluding carboxylic acids is 1. The summed E-state index contributed by atoms with van der Waals surface area (Å²) in [6.07, 6.45) is 0. The van der Waals surface area contributed by atoms with Gasteiger partial charge in [0.05, 0.1) is 16.7 Å². The number of carbonyl (C=O) groups is 1. The van der Waals surface area contributed by atoms with E-state index >= 15 is 0 Å². The highest BCUT2D eigenvalue weighted by molar-refractivity contribution is 9.10. The van der Waals surface area contributed by atoms with E-state index < -0.39 is 17.0 Å². The van der Waals surface area contributed by atoms with Crippen LogP contribution >= 0.6 is 27.7 Å². The van der Waals surface area contributed by atoms with Gasteiger partial charge in [-0.05, 0) is 64.8 Å². The van der Waals surface area contributed by atoms with Crippen molar-refractivity contribution in [3.63, 3.8) is 0 Å². The highest BCUT2D eigenvalue weighted by atomic mass is 79.9. The largest absolute Gasteiger partial charge is 0.328 e. The van der Waals surface area contributed by atoms with Crippen LogP contribution in [0.5, 0.6) is 0 Å². The lowest BCUT2D eigenvalue weighted by atomic mass is 10.2. The molecule has 0 aliphatic rings. The number of hydrogen-bond donors (Lipinski definition) is 2. The van der Waals surface area contributed by atoms with Gasteiger partial charge in [-0.3, -0.25) is 14.7 Å². The number of urea groups is 1. The fraction of sp³-hybridized carbons (Fsp3) is 0.125. The van der Waals surface area contributed by atoms with E-state index in [-0.39, 0.29) is 11.5 Å². The Morgan fingerprint density at radius 3 is 2.47 bits per heavy atom. The summed E-state index contributed by atoms with van der Waals surface area (Å²) in [6, 6.07) is 18.4. The van der Waals surface area contributed by atoms with Gasteiger partial charge < -0.3 is 10.6 Å². The number of nitrogens with zero attached hydrogens (tertiary/aromatic N) is 4. The first-order valence-electron chi connectivity index (χ1n) is 10.7. The molecule has 0 saturated heterocycles. The number of para-hydroxylation sites is 1. The lowest BCUT2D eigenvalue weighted by Gasteiger charge is -2.17. The summed E-state index contributed by atoms with van der Waals surface area (Å²) in [5, 5.41) is 25.9. The molecule has 0 bridgehead atoms. The zero-order chi connectivity index (χ0) is 25.7. The van der Waals surface area contributed by atoms with E-state index in [1.807, 2.05) is 12.1 Å². The molecule has 12 heteroatoms. The standard InChI is InChI=1S/C24H20BrFN6O3S/c1-15(27-23(33)28-21-5-3-2-4-20(21)25)22-29-30-24(36-14-16-6-8-17(26)9-7-16)31(22)18-10-12-19(13-11-18)32(34)35/h2-13,15H,14H2,1H3,(H2,27,28,33). The first-order valence-corrected chi connectivity index (χ1v) is 12.5. The number of anilines is 1. The zero-order valence-corrected chi connectivity index (χ0v) is 21.3. The Balaban J connectivity index is 1.59. The molecule has 0 radical (unpaired) electrons. The number of amides is 2. The number of benzene rings is 3. The van der Waals surface area contributed by atoms with Crippen molar-refractivity contribution >= 4 is 45.1 Å². The van der Waals surface area contributed by atoms with Crippen molar-refractivity contribution in [1.29, 1.82) is 0 Å². The number of hydrogen-bond acceptors (Lipinski definition) is 6. The molecule has 1 unspecified atom stereocenters. The third-order valence-electron chi connectivity index (χ3n) is 5.12. The number of rotatable bonds is 8. The Hall–Kier alpha value is -3.77. The van der Waals surface area contributed by atoms with Gasteiger partial charge in [0.25, 0.3) is 5.69 Å². The summed E-state index contributed by atoms with van der Waals surface area (Å²) in [5.74, 6) is 0.615. The topological polar surface area (TPSA) is 115 Å². The smallest absolute Gasteiger partial charge is 0.319 e. The van der Waals surface area contributed by atoms with Crippen molar-refractivity contribution in [3.8, 4) is 5.69 Å². The summed E-state index contributed by atoms with van der Waals surface area (Å²) >= 11 is 4.77. The second-order valence-corrected chi connectivity index (χ2v) is 9.46. The molecule has 0 aliphatic heterocycles. The van der Waals surface area contributed by atoms with Crippen molar-refractivity contribution in [2.75, 3.05) is 5.32 Å². The molecule has 1 aromatic heterocycles. The maximum atomic E-state index is 13.3. The van der Waals surface area contributed by atoms with Gasteiger partial charge in [0.15, 0.2) is 11.0 Å². The molecule has 4 aromatic rings. The fourth-order valence-electron chi connectivity index (χ4n) is 3.33. The van der Waals surface area contributed by atoms with Crippen LogP contribution in [0.25, 0.3) is 5.69 Å². The minimum absolute atomic E-state index is 0.0483. The molecule has 1 heterocycles. The summed E-state index contributed by atoms with van der Waals surface area (Å²) in [7, 11) is 0. The van der Waals surface area contributed by atoms with Gasteiger partial charge in [-0.25, -0.2) is 9.18 Å². The Kier molecular flexibility index (Phi) is 7.96. The van der Waals surface area contributed by atoms with Crippen LogP contribution in [-0.2, 0) is 5.75 Å². The quantitative estimate of drug-likeness (QED) is 0.147. The van der Waals surface area contributed by atoms with E-state index in [4.69, 9.17) is 0 Å². The zero-order valence-electron chi connectivity index (χ0n) is 18.9. The molecule has 4 rings (SSSR count). The maximum absolute atomic E-state index is 13.3. The van der Waals surface area contributed by atoms with Crippen LogP contribution in [0.4, 0.5) is 20.6 Å². The van der Waals surface area contributed by atoms with Gasteiger partial charge in [0, 0.05) is 28.0 Å². The number of nitro groups is 1. The van der Waals surface area contributed by atoms with Crippen LogP contribution in [0.1, 0.15) is 24.4 Å². The second-order valence-electron chi connectivity index (χ2n) is 7.66. The van der Waals surface area contributed by atoms with Gasteiger partial charge in [-0.15, -0.1) is 10.2 Å². The van der Waals surface area contributed by atoms with E-state index in [2.05, 4.69) is 36.8 Å². The average molecular weight is 571 g/mol. The highest BCUT2D eigenvalue weighted by Crippen LogP contribution is 2.29. The number of non-ortho nitro benzene ring substituents is 1. The van der Waals surface area contributed by atoms with E-state index in [9.17, 15) is 19.3 Å². The van der Waals surface area contributed by atoms with Gasteiger partial charge in [-0.2, -0.15) is 0 Å². The molecule has 0 spiro atoms. The molecular weight excluding hydrogens is 551 g/mol. The Morgan fingerprint density at radius 2 is 1.81 bits per heavy atom. The molecule has 9 nitrogen and oxygen atoms in total. The normalized spacial score (nSPS) is 11.6. The van der Waals surface area contributed by atoms with Crippen molar-refractivity contribution in [3.05, 3.63) is 105 Å². The van der Waals surface area contributed by atoms with E-state index in [1.54, 1.807) is 47.9 Å². The van der Waals surface area contributed by atoms with Gasteiger partial charge >= 0.3 is 6.03 Å². The molecule has 0 aliphatic carbocycles. The first kappa shape index (κ1) is 25.3. The van der Waals surface area contributed by atoms with Crippen LogP contribution in [0, 0.1) is 15.9 Å². The molecule has 36 heavy (non-hydrogen) atoms. The van der Waals surface area contributed by atoms with Crippen LogP contribution in [-0.4, -0.2) is 25.7 Å². The summed E-state index contributed by atoms with van der Waals surface area (Å²) in [6.45, 7) is 1.76. The Morgan fingerprint density at radius 1 is 1.11 bits per heavy atom. The second kappa shape index (κ2) is 11.3. The van der Waals surface area contributed by atoms with Crippen LogP contribution < -0.4 is 10.6 Å². The van der Waals surface area contributed by atoms with Gasteiger partial charge in [0.1, 0.15) is 5.82 Å².